The first-order chi connectivity index (χ1) is 12.6. The lowest BCUT2D eigenvalue weighted by Crippen LogP contribution is -2.20. The topological polar surface area (TPSA) is 82.8 Å². The van der Waals surface area contributed by atoms with Crippen molar-refractivity contribution < 1.29 is 5.11 Å². The molecule has 0 aliphatic rings. The minimum Gasteiger partial charge on any atom is -0.506 e. The molecule has 8 heteroatoms. The number of phenolic OH excluding ortho intramolecular Hbond substituents is 1. The van der Waals surface area contributed by atoms with Crippen molar-refractivity contribution in [2.24, 2.45) is 10.1 Å². The molecular weight excluding hydrogens is 418 g/mol. The van der Waals surface area contributed by atoms with Crippen molar-refractivity contribution in [3.63, 3.8) is 0 Å². The number of amidine groups is 1. The first-order valence-electron chi connectivity index (χ1n) is 7.51. The molecule has 130 valence electrons. The Hall–Kier alpha value is -2.77. The second kappa shape index (κ2) is 8.55. The lowest BCUT2D eigenvalue weighted by molar-refractivity contribution is 0.471. The minimum absolute atomic E-state index is 0.0426. The molecule has 2 aromatic heterocycles. The molecule has 2 heterocycles. The fraction of sp³-hybridized carbons (Fsp3) is 0. The summed E-state index contributed by atoms with van der Waals surface area (Å²) < 4.78 is 0.485. The van der Waals surface area contributed by atoms with E-state index in [0.717, 1.165) is 0 Å². The Kier molecular flexibility index (Phi) is 5.93. The summed E-state index contributed by atoms with van der Waals surface area (Å²) in [6.45, 7) is 0. The smallest absolute Gasteiger partial charge is 0.174 e. The van der Waals surface area contributed by atoms with E-state index in [2.05, 4.69) is 41.4 Å². The minimum atomic E-state index is 0.0426. The monoisotopic (exact) mass is 429 g/mol. The highest BCUT2D eigenvalue weighted by Crippen LogP contribution is 2.30. The van der Waals surface area contributed by atoms with Crippen LogP contribution in [0.4, 0.5) is 5.82 Å². The van der Waals surface area contributed by atoms with E-state index in [1.54, 1.807) is 36.7 Å². The van der Waals surface area contributed by atoms with Crippen LogP contribution in [-0.2, 0) is 0 Å². The maximum atomic E-state index is 10.1. The van der Waals surface area contributed by atoms with Crippen molar-refractivity contribution in [1.29, 1.82) is 0 Å². The standard InChI is InChI=1S/C18H13BrClN5O/c19-14-10-13(20)9-12(17(14)26)11-23-25-18(15-5-1-3-7-21-15)24-16-6-2-4-8-22-16/h1-11,26H,(H,22,24,25)/b23-11-. The maximum absolute atomic E-state index is 10.1. The average molecular weight is 431 g/mol. The van der Waals surface area contributed by atoms with E-state index < -0.39 is 0 Å². The van der Waals surface area contributed by atoms with Crippen LogP contribution >= 0.6 is 27.5 Å². The van der Waals surface area contributed by atoms with Crippen LogP contribution in [0.3, 0.4) is 0 Å². The van der Waals surface area contributed by atoms with Crippen molar-refractivity contribution >= 4 is 45.4 Å². The molecule has 0 spiro atoms. The summed E-state index contributed by atoms with van der Waals surface area (Å²) in [6.07, 6.45) is 4.76. The molecule has 2 N–H and O–H groups in total. The third-order valence-electron chi connectivity index (χ3n) is 3.21. The number of hydrogen-bond donors (Lipinski definition) is 2. The van der Waals surface area contributed by atoms with Gasteiger partial charge in [0.1, 0.15) is 11.4 Å². The quantitative estimate of drug-likeness (QED) is 0.367. The summed E-state index contributed by atoms with van der Waals surface area (Å²) >= 11 is 9.24. The number of phenols is 1. The van der Waals surface area contributed by atoms with Crippen LogP contribution in [0.15, 0.2) is 75.5 Å². The van der Waals surface area contributed by atoms with Crippen LogP contribution in [0.1, 0.15) is 11.3 Å². The molecule has 0 amide bonds. The van der Waals surface area contributed by atoms with E-state index in [1.807, 2.05) is 24.3 Å². The van der Waals surface area contributed by atoms with E-state index in [4.69, 9.17) is 11.6 Å². The Morgan fingerprint density at radius 3 is 2.58 bits per heavy atom. The number of halogens is 2. The van der Waals surface area contributed by atoms with Gasteiger partial charge in [-0.3, -0.25) is 10.4 Å². The molecule has 0 aliphatic carbocycles. The van der Waals surface area contributed by atoms with Crippen molar-refractivity contribution in [3.8, 4) is 5.75 Å². The molecule has 0 atom stereocenters. The van der Waals surface area contributed by atoms with Gasteiger partial charge in [0.2, 0.25) is 0 Å². The summed E-state index contributed by atoms with van der Waals surface area (Å²) in [5.74, 6) is 0.978. The molecular formula is C18H13BrClN5O. The van der Waals surface area contributed by atoms with E-state index in [1.165, 1.54) is 6.21 Å². The number of hydrogen-bond acceptors (Lipinski definition) is 5. The Bertz CT molecular complexity index is 949. The summed E-state index contributed by atoms with van der Waals surface area (Å²) in [7, 11) is 0. The molecule has 6 nitrogen and oxygen atoms in total. The summed E-state index contributed by atoms with van der Waals surface area (Å²) in [5.41, 5.74) is 3.90. The zero-order valence-electron chi connectivity index (χ0n) is 13.3. The van der Waals surface area contributed by atoms with E-state index in [0.29, 0.717) is 32.4 Å². The Balaban J connectivity index is 1.89. The van der Waals surface area contributed by atoms with Gasteiger partial charge in [-0.2, -0.15) is 5.10 Å². The number of pyridine rings is 2. The third-order valence-corrected chi connectivity index (χ3v) is 4.04. The number of nitrogens with one attached hydrogen (secondary N) is 1. The number of nitrogens with zero attached hydrogens (tertiary/aromatic N) is 4. The van der Waals surface area contributed by atoms with Crippen LogP contribution < -0.4 is 5.43 Å². The first kappa shape index (κ1) is 18.0. The fourth-order valence-electron chi connectivity index (χ4n) is 2.02. The Labute approximate surface area is 163 Å². The van der Waals surface area contributed by atoms with Gasteiger partial charge in [-0.25, -0.2) is 9.98 Å². The number of hydrazone groups is 1. The van der Waals surface area contributed by atoms with Gasteiger partial charge in [0.15, 0.2) is 11.7 Å². The van der Waals surface area contributed by atoms with Gasteiger partial charge in [0.25, 0.3) is 0 Å². The lowest BCUT2D eigenvalue weighted by Gasteiger charge is -2.06. The first-order valence-corrected chi connectivity index (χ1v) is 8.69. The van der Waals surface area contributed by atoms with Crippen LogP contribution in [0, 0.1) is 0 Å². The van der Waals surface area contributed by atoms with E-state index >= 15 is 0 Å². The fourth-order valence-corrected chi connectivity index (χ4v) is 2.86. The predicted molar refractivity (Wildman–Crippen MR) is 106 cm³/mol. The highest BCUT2D eigenvalue weighted by atomic mass is 79.9. The molecule has 0 unspecified atom stereocenters. The molecule has 0 saturated carbocycles. The van der Waals surface area contributed by atoms with E-state index in [9.17, 15) is 5.11 Å². The highest BCUT2D eigenvalue weighted by Gasteiger charge is 2.07. The molecule has 26 heavy (non-hydrogen) atoms. The molecule has 0 fully saturated rings. The molecule has 0 radical (unpaired) electrons. The van der Waals surface area contributed by atoms with Gasteiger partial charge in [-0.05, 0) is 52.3 Å². The molecule has 0 saturated heterocycles. The highest BCUT2D eigenvalue weighted by molar-refractivity contribution is 9.10. The SMILES string of the molecule is Oc1c(Br)cc(Cl)cc1/C=N\NC(=Nc1ccccn1)c1ccccn1. The number of aliphatic imine (C=N–C) groups is 1. The van der Waals surface area contributed by atoms with Gasteiger partial charge in [-0.1, -0.05) is 23.7 Å². The van der Waals surface area contributed by atoms with Gasteiger partial charge in [0, 0.05) is 23.0 Å². The zero-order valence-corrected chi connectivity index (χ0v) is 15.7. The van der Waals surface area contributed by atoms with Crippen molar-refractivity contribution in [2.75, 3.05) is 0 Å². The molecule has 0 bridgehead atoms. The van der Waals surface area contributed by atoms with Gasteiger partial charge in [0.05, 0.1) is 10.7 Å². The number of aromatic nitrogens is 2. The van der Waals surface area contributed by atoms with Crippen molar-refractivity contribution in [2.45, 2.75) is 0 Å². The van der Waals surface area contributed by atoms with Crippen molar-refractivity contribution in [3.05, 3.63) is 81.7 Å². The van der Waals surface area contributed by atoms with Gasteiger partial charge in [-0.15, -0.1) is 0 Å². The molecule has 1 aromatic carbocycles. The van der Waals surface area contributed by atoms with Crippen LogP contribution in [0.2, 0.25) is 5.02 Å². The number of rotatable bonds is 4. The Morgan fingerprint density at radius 2 is 1.88 bits per heavy atom. The average Bonchev–Trinajstić information content (AvgIpc) is 2.66. The zero-order chi connectivity index (χ0) is 18.4. The van der Waals surface area contributed by atoms with Crippen LogP contribution in [0.5, 0.6) is 5.75 Å². The number of aromatic hydroxyl groups is 1. The summed E-state index contributed by atoms with van der Waals surface area (Å²) in [4.78, 5) is 12.9. The second-order valence-electron chi connectivity index (χ2n) is 5.06. The van der Waals surface area contributed by atoms with Crippen LogP contribution in [0.25, 0.3) is 0 Å². The predicted octanol–water partition coefficient (Wildman–Crippen LogP) is 4.30. The van der Waals surface area contributed by atoms with E-state index in [-0.39, 0.29) is 5.75 Å². The largest absolute Gasteiger partial charge is 0.506 e. The molecule has 0 aliphatic heterocycles. The maximum Gasteiger partial charge on any atom is 0.174 e. The number of benzene rings is 1. The lowest BCUT2D eigenvalue weighted by atomic mass is 10.2. The van der Waals surface area contributed by atoms with Crippen LogP contribution in [-0.4, -0.2) is 27.1 Å². The summed E-state index contributed by atoms with van der Waals surface area (Å²) in [6, 6.07) is 14.1. The third kappa shape index (κ3) is 4.65. The van der Waals surface area contributed by atoms with Crippen molar-refractivity contribution in [1.82, 2.24) is 15.4 Å². The summed E-state index contributed by atoms with van der Waals surface area (Å²) in [5, 5.41) is 14.7. The normalized spacial score (nSPS) is 11.7. The van der Waals surface area contributed by atoms with Gasteiger partial charge < -0.3 is 5.11 Å². The van der Waals surface area contributed by atoms with Gasteiger partial charge >= 0.3 is 0 Å². The second-order valence-corrected chi connectivity index (χ2v) is 6.35. The molecule has 3 aromatic rings. The Morgan fingerprint density at radius 1 is 1.12 bits per heavy atom. The molecule has 3 rings (SSSR count).